The molecule has 0 spiro atoms. The Bertz CT molecular complexity index is 1060. The average molecular weight is 468 g/mol. The van der Waals surface area contributed by atoms with Crippen LogP contribution in [0.3, 0.4) is 0 Å². The number of carbonyl (C=O) groups is 2. The van der Waals surface area contributed by atoms with Crippen LogP contribution >= 0.6 is 0 Å². The molecular formula is C27H28FO6-. The third-order valence-corrected chi connectivity index (χ3v) is 4.95. The van der Waals surface area contributed by atoms with Gasteiger partial charge in [-0.05, 0) is 54.1 Å². The Kier molecular flexibility index (Phi) is 10.2. The lowest BCUT2D eigenvalue weighted by Crippen LogP contribution is -2.38. The summed E-state index contributed by atoms with van der Waals surface area (Å²) < 4.78 is 30.0. The number of halogens is 1. The summed E-state index contributed by atoms with van der Waals surface area (Å²) in [6.45, 7) is 0.850. The van der Waals surface area contributed by atoms with Crippen LogP contribution in [0.4, 0.5) is 4.39 Å². The largest absolute Gasteiger partial charge is 0.547 e. The minimum atomic E-state index is -1.25. The Morgan fingerprint density at radius 2 is 1.44 bits per heavy atom. The smallest absolute Gasteiger partial charge is 0.195 e. The maximum absolute atomic E-state index is 13.8. The van der Waals surface area contributed by atoms with Gasteiger partial charge in [0, 0.05) is 25.5 Å². The number of aliphatic carboxylic acids is 1. The van der Waals surface area contributed by atoms with Crippen molar-refractivity contribution in [3.8, 4) is 11.5 Å². The molecule has 0 fully saturated rings. The van der Waals surface area contributed by atoms with Crippen molar-refractivity contribution < 1.29 is 33.3 Å². The Morgan fingerprint density at radius 1 is 0.882 bits per heavy atom. The number of carboxylic acids is 1. The number of ketones is 1. The first-order valence-corrected chi connectivity index (χ1v) is 10.5. The van der Waals surface area contributed by atoms with Crippen molar-refractivity contribution in [2.24, 2.45) is 0 Å². The quantitative estimate of drug-likeness (QED) is 0.297. The first-order chi connectivity index (χ1) is 16.0. The predicted molar refractivity (Wildman–Crippen MR) is 125 cm³/mol. The van der Waals surface area contributed by atoms with Gasteiger partial charge in [-0.3, -0.25) is 4.79 Å². The molecule has 0 bridgehead atoms. The molecule has 0 radical (unpaired) electrons. The molecule has 3 rings (SSSR count). The topological polar surface area (TPSA) is 84.9 Å². The third kappa shape index (κ3) is 7.42. The molecule has 0 unspecified atom stereocenters. The lowest BCUT2D eigenvalue weighted by molar-refractivity contribution is -0.315. The fourth-order valence-corrected chi connectivity index (χ4v) is 3.14. The van der Waals surface area contributed by atoms with Gasteiger partial charge in [0.25, 0.3) is 0 Å². The zero-order chi connectivity index (χ0) is 23.6. The highest BCUT2D eigenvalue weighted by molar-refractivity contribution is 6.09. The molecule has 7 heteroatoms. The molecule has 0 aliphatic rings. The van der Waals surface area contributed by atoms with E-state index in [2.05, 4.69) is 0 Å². The summed E-state index contributed by atoms with van der Waals surface area (Å²) in [5.41, 5.74) is 1.23. The Morgan fingerprint density at radius 3 is 1.97 bits per heavy atom. The van der Waals surface area contributed by atoms with Gasteiger partial charge in [0.1, 0.15) is 23.4 Å². The maximum atomic E-state index is 13.8. The monoisotopic (exact) mass is 467 g/mol. The number of methoxy groups -OCH3 is 1. The van der Waals surface area contributed by atoms with Crippen molar-refractivity contribution in [3.63, 3.8) is 0 Å². The highest BCUT2D eigenvalue weighted by Gasteiger charge is 2.13. The van der Waals surface area contributed by atoms with Crippen LogP contribution in [-0.4, -0.2) is 38.2 Å². The van der Waals surface area contributed by atoms with Crippen LogP contribution in [0, 0.1) is 5.82 Å². The van der Waals surface area contributed by atoms with Crippen LogP contribution in [0.15, 0.2) is 72.8 Å². The van der Waals surface area contributed by atoms with Gasteiger partial charge in [-0.2, -0.15) is 0 Å². The van der Waals surface area contributed by atoms with Gasteiger partial charge in [-0.25, -0.2) is 4.39 Å². The Hall–Kier alpha value is -3.71. The van der Waals surface area contributed by atoms with Crippen LogP contribution in [0.2, 0.25) is 0 Å². The van der Waals surface area contributed by atoms with E-state index in [1.807, 2.05) is 0 Å². The van der Waals surface area contributed by atoms with Crippen molar-refractivity contribution in [1.82, 2.24) is 0 Å². The summed E-state index contributed by atoms with van der Waals surface area (Å²) in [4.78, 5) is 23.3. The predicted octanol–water partition coefficient (Wildman–Crippen LogP) is 3.85. The van der Waals surface area contributed by atoms with Crippen molar-refractivity contribution >= 4 is 11.8 Å². The molecule has 0 saturated heterocycles. The number of ether oxygens (including phenoxy) is 3. The second-order valence-electron chi connectivity index (χ2n) is 7.28. The van der Waals surface area contributed by atoms with E-state index < -0.39 is 17.9 Å². The number of rotatable bonds is 12. The average Bonchev–Trinajstić information content (AvgIpc) is 2.83. The first kappa shape index (κ1) is 26.5. The van der Waals surface area contributed by atoms with Gasteiger partial charge >= 0.3 is 0 Å². The summed E-state index contributed by atoms with van der Waals surface area (Å²) in [6.07, 6.45) is -0.133. The molecule has 0 heterocycles. The summed E-state index contributed by atoms with van der Waals surface area (Å²) in [5, 5.41) is 10.9. The first-order valence-electron chi connectivity index (χ1n) is 10.5. The normalized spacial score (nSPS) is 11.2. The molecule has 1 atom stereocenters. The zero-order valence-electron chi connectivity index (χ0n) is 18.2. The van der Waals surface area contributed by atoms with E-state index in [0.717, 1.165) is 5.56 Å². The number of hydrogen-bond acceptors (Lipinski definition) is 6. The van der Waals surface area contributed by atoms with E-state index in [0.29, 0.717) is 36.7 Å². The van der Waals surface area contributed by atoms with Gasteiger partial charge in [0.2, 0.25) is 0 Å². The van der Waals surface area contributed by atoms with Crippen LogP contribution in [0.1, 0.15) is 35.3 Å². The lowest BCUT2D eigenvalue weighted by atomic mass is 10.0. The van der Waals surface area contributed by atoms with Gasteiger partial charge in [0.15, 0.2) is 5.78 Å². The molecule has 0 aromatic heterocycles. The molecular weight excluding hydrogens is 439 g/mol. The van der Waals surface area contributed by atoms with Gasteiger partial charge in [0.05, 0.1) is 24.7 Å². The minimum absolute atomic E-state index is 0. The molecule has 0 aliphatic heterocycles. The molecule has 6 nitrogen and oxygen atoms in total. The lowest BCUT2D eigenvalue weighted by Gasteiger charge is -2.16. The van der Waals surface area contributed by atoms with Crippen molar-refractivity contribution in [3.05, 3.63) is 95.3 Å². The van der Waals surface area contributed by atoms with Crippen LogP contribution < -0.4 is 14.6 Å². The van der Waals surface area contributed by atoms with E-state index in [1.54, 1.807) is 60.7 Å². The number of benzene rings is 3. The van der Waals surface area contributed by atoms with Gasteiger partial charge in [-0.1, -0.05) is 31.7 Å². The van der Waals surface area contributed by atoms with Crippen LogP contribution in [-0.2, 0) is 16.0 Å². The second kappa shape index (κ2) is 13.1. The molecule has 0 N–H and O–H groups in total. The molecule has 34 heavy (non-hydrogen) atoms. The summed E-state index contributed by atoms with van der Waals surface area (Å²) in [7, 11) is 1.33. The van der Waals surface area contributed by atoms with E-state index in [-0.39, 0.29) is 25.2 Å². The second-order valence-corrected chi connectivity index (χ2v) is 7.28. The van der Waals surface area contributed by atoms with Crippen LogP contribution in [0.25, 0.3) is 0 Å². The molecule has 0 amide bonds. The number of hydrogen-bond donors (Lipinski definition) is 0. The molecule has 3 aromatic rings. The third-order valence-electron chi connectivity index (χ3n) is 4.95. The molecule has 180 valence electrons. The maximum Gasteiger partial charge on any atom is 0.195 e. The Balaban J connectivity index is 0.00000408. The highest BCUT2D eigenvalue weighted by atomic mass is 19.1. The van der Waals surface area contributed by atoms with Crippen LogP contribution in [0.5, 0.6) is 11.5 Å². The van der Waals surface area contributed by atoms with E-state index in [4.69, 9.17) is 14.2 Å². The van der Waals surface area contributed by atoms with Gasteiger partial charge < -0.3 is 24.1 Å². The van der Waals surface area contributed by atoms with E-state index in [9.17, 15) is 19.1 Å². The van der Waals surface area contributed by atoms with Crippen molar-refractivity contribution in [1.29, 1.82) is 0 Å². The summed E-state index contributed by atoms with van der Waals surface area (Å²) >= 11 is 0. The SMILES string of the molecule is C.CO[C@@H](Cc1ccc(OCCCOc2ccc(C(=O)c3ccccc3F)cc2)cc1)C(=O)[O-]. The molecule has 3 aromatic carbocycles. The fourth-order valence-electron chi connectivity index (χ4n) is 3.14. The summed E-state index contributed by atoms with van der Waals surface area (Å²) in [5.74, 6) is -0.906. The number of carbonyl (C=O) groups excluding carboxylic acids is 2. The van der Waals surface area contributed by atoms with Crippen molar-refractivity contribution in [2.45, 2.75) is 26.4 Å². The Labute approximate surface area is 198 Å². The molecule has 0 saturated carbocycles. The minimum Gasteiger partial charge on any atom is -0.547 e. The number of carboxylic acid groups (broad SMARTS) is 1. The summed E-state index contributed by atoms with van der Waals surface area (Å²) in [6, 6.07) is 19.5. The standard InChI is InChI=1S/C26H25FO6.CH4/c1-31-24(26(29)30)17-18-7-11-20(12-8-18)32-15-4-16-33-21-13-9-19(10-14-21)25(28)22-5-2-3-6-23(22)27;/h2-3,5-14,24H,4,15-17H2,1H3,(H,29,30);1H4/p-1/t24-;/m0./s1. The highest BCUT2D eigenvalue weighted by Crippen LogP contribution is 2.18. The van der Waals surface area contributed by atoms with Crippen molar-refractivity contribution in [2.75, 3.05) is 20.3 Å². The van der Waals surface area contributed by atoms with E-state index in [1.165, 1.54) is 19.2 Å². The van der Waals surface area contributed by atoms with Gasteiger partial charge in [-0.15, -0.1) is 0 Å². The molecule has 0 aliphatic carbocycles. The fraction of sp³-hybridized carbons (Fsp3) is 0.259. The zero-order valence-corrected chi connectivity index (χ0v) is 18.2. The van der Waals surface area contributed by atoms with E-state index >= 15 is 0 Å².